The molecule has 0 bridgehead atoms. The highest BCUT2D eigenvalue weighted by molar-refractivity contribution is 6.11. The number of carbonyl (C=O) groups excluding carboxylic acids is 1. The maximum atomic E-state index is 13.6. The van der Waals surface area contributed by atoms with Crippen molar-refractivity contribution in [3.05, 3.63) is 70.8 Å². The van der Waals surface area contributed by atoms with E-state index < -0.39 is 0 Å². The van der Waals surface area contributed by atoms with Crippen molar-refractivity contribution >= 4 is 5.78 Å². The van der Waals surface area contributed by atoms with Crippen molar-refractivity contribution in [2.45, 2.75) is 64.2 Å². The van der Waals surface area contributed by atoms with Crippen LogP contribution in [0.3, 0.4) is 0 Å². The molecule has 136 valence electrons. The highest BCUT2D eigenvalue weighted by Gasteiger charge is 2.31. The summed E-state index contributed by atoms with van der Waals surface area (Å²) in [6.45, 7) is 4.68. The first-order valence-electron chi connectivity index (χ1n) is 10.4. The van der Waals surface area contributed by atoms with E-state index in [9.17, 15) is 4.79 Å². The third-order valence-corrected chi connectivity index (χ3v) is 6.93. The van der Waals surface area contributed by atoms with Crippen LogP contribution in [0.4, 0.5) is 0 Å². The van der Waals surface area contributed by atoms with Crippen molar-refractivity contribution in [3.8, 4) is 0 Å². The predicted molar refractivity (Wildman–Crippen MR) is 108 cm³/mol. The number of rotatable bonds is 4. The first-order valence-corrected chi connectivity index (χ1v) is 10.4. The van der Waals surface area contributed by atoms with Gasteiger partial charge in [-0.2, -0.15) is 0 Å². The molecule has 0 unspecified atom stereocenters. The molecule has 1 nitrogen and oxygen atoms in total. The second-order valence-corrected chi connectivity index (χ2v) is 8.53. The van der Waals surface area contributed by atoms with Gasteiger partial charge < -0.3 is 0 Å². The summed E-state index contributed by atoms with van der Waals surface area (Å²) in [6.07, 6.45) is 7.56. The van der Waals surface area contributed by atoms with Crippen LogP contribution in [0.2, 0.25) is 0 Å². The van der Waals surface area contributed by atoms with Gasteiger partial charge in [-0.1, -0.05) is 88.1 Å². The Morgan fingerprint density at radius 3 is 1.50 bits per heavy atom. The molecule has 26 heavy (non-hydrogen) atoms. The molecule has 2 saturated carbocycles. The minimum absolute atomic E-state index is 0.231. The first-order chi connectivity index (χ1) is 12.7. The summed E-state index contributed by atoms with van der Waals surface area (Å²) in [6, 6.07) is 16.7. The molecular formula is C25H30O. The minimum Gasteiger partial charge on any atom is -0.289 e. The molecule has 1 heteroatoms. The van der Waals surface area contributed by atoms with E-state index in [4.69, 9.17) is 0 Å². The monoisotopic (exact) mass is 346 g/mol. The Labute approximate surface area is 157 Å². The summed E-state index contributed by atoms with van der Waals surface area (Å²) in [5.41, 5.74) is 4.42. The van der Waals surface area contributed by atoms with Crippen molar-refractivity contribution < 1.29 is 4.79 Å². The van der Waals surface area contributed by atoms with Gasteiger partial charge >= 0.3 is 0 Å². The molecule has 0 spiro atoms. The van der Waals surface area contributed by atoms with Gasteiger partial charge in [-0.3, -0.25) is 4.79 Å². The van der Waals surface area contributed by atoms with Crippen molar-refractivity contribution in [1.29, 1.82) is 0 Å². The molecule has 2 fully saturated rings. The molecule has 0 radical (unpaired) electrons. The van der Waals surface area contributed by atoms with Crippen LogP contribution in [0.25, 0.3) is 0 Å². The zero-order valence-corrected chi connectivity index (χ0v) is 16.1. The number of benzene rings is 2. The standard InChI is InChI=1S/C25H30O/c1-17-9-7-15-19(17)21-11-3-5-13-23(21)25(26)24-14-6-4-12-22(24)20-16-8-10-18(20)2/h3-6,11-14,17-20H,7-10,15-16H2,1-2H3/t17-,18-,19-,20-/m0/s1. The second-order valence-electron chi connectivity index (χ2n) is 8.53. The number of hydrogen-bond acceptors (Lipinski definition) is 1. The average Bonchev–Trinajstić information content (AvgIpc) is 3.29. The smallest absolute Gasteiger partial charge is 0.193 e. The zero-order chi connectivity index (χ0) is 18.1. The predicted octanol–water partition coefficient (Wildman–Crippen LogP) is 6.72. The molecular weight excluding hydrogens is 316 g/mol. The molecule has 0 aliphatic heterocycles. The van der Waals surface area contributed by atoms with E-state index in [1.165, 1.54) is 49.7 Å². The molecule has 0 N–H and O–H groups in total. The lowest BCUT2D eigenvalue weighted by Gasteiger charge is -2.22. The topological polar surface area (TPSA) is 17.1 Å². The Balaban J connectivity index is 1.74. The Bertz CT molecular complexity index is 725. The number of hydrogen-bond donors (Lipinski definition) is 0. The normalized spacial score (nSPS) is 28.4. The molecule has 2 aliphatic carbocycles. The molecule has 2 aliphatic rings. The van der Waals surface area contributed by atoms with E-state index in [2.05, 4.69) is 50.2 Å². The van der Waals surface area contributed by atoms with E-state index in [0.717, 1.165) is 11.1 Å². The average molecular weight is 347 g/mol. The maximum absolute atomic E-state index is 13.6. The lowest BCUT2D eigenvalue weighted by atomic mass is 9.81. The fourth-order valence-corrected chi connectivity index (χ4v) is 5.41. The summed E-state index contributed by atoms with van der Waals surface area (Å²) in [4.78, 5) is 13.6. The summed E-state index contributed by atoms with van der Waals surface area (Å²) >= 11 is 0. The highest BCUT2D eigenvalue weighted by Crippen LogP contribution is 2.43. The van der Waals surface area contributed by atoms with Gasteiger partial charge in [0.25, 0.3) is 0 Å². The van der Waals surface area contributed by atoms with Crippen LogP contribution in [-0.2, 0) is 0 Å². The molecule has 0 amide bonds. The summed E-state index contributed by atoms with van der Waals surface area (Å²) in [7, 11) is 0. The second kappa shape index (κ2) is 7.39. The van der Waals surface area contributed by atoms with E-state index in [-0.39, 0.29) is 5.78 Å². The maximum Gasteiger partial charge on any atom is 0.193 e. The Morgan fingerprint density at radius 1 is 0.692 bits per heavy atom. The van der Waals surface area contributed by atoms with Gasteiger partial charge in [0.2, 0.25) is 0 Å². The van der Waals surface area contributed by atoms with Gasteiger partial charge in [0.1, 0.15) is 0 Å². The highest BCUT2D eigenvalue weighted by atomic mass is 16.1. The van der Waals surface area contributed by atoms with Crippen LogP contribution in [0.5, 0.6) is 0 Å². The van der Waals surface area contributed by atoms with Crippen molar-refractivity contribution in [2.24, 2.45) is 11.8 Å². The summed E-state index contributed by atoms with van der Waals surface area (Å²) in [5, 5.41) is 0. The summed E-state index contributed by atoms with van der Waals surface area (Å²) in [5.74, 6) is 2.65. The van der Waals surface area contributed by atoms with Gasteiger partial charge in [-0.25, -0.2) is 0 Å². The van der Waals surface area contributed by atoms with Gasteiger partial charge in [0, 0.05) is 11.1 Å². The van der Waals surface area contributed by atoms with E-state index in [0.29, 0.717) is 23.7 Å². The summed E-state index contributed by atoms with van der Waals surface area (Å²) < 4.78 is 0. The molecule has 4 rings (SSSR count). The van der Waals surface area contributed by atoms with Crippen LogP contribution in [-0.4, -0.2) is 5.78 Å². The van der Waals surface area contributed by atoms with Crippen LogP contribution in [0, 0.1) is 11.8 Å². The van der Waals surface area contributed by atoms with Crippen molar-refractivity contribution in [2.75, 3.05) is 0 Å². The molecule has 2 aromatic carbocycles. The Morgan fingerprint density at radius 2 is 1.12 bits per heavy atom. The van der Waals surface area contributed by atoms with E-state index in [1.807, 2.05) is 12.1 Å². The fourth-order valence-electron chi connectivity index (χ4n) is 5.41. The van der Waals surface area contributed by atoms with Crippen LogP contribution >= 0.6 is 0 Å². The van der Waals surface area contributed by atoms with Gasteiger partial charge in [0.05, 0.1) is 0 Å². The van der Waals surface area contributed by atoms with Crippen LogP contribution < -0.4 is 0 Å². The van der Waals surface area contributed by atoms with Gasteiger partial charge in [0.15, 0.2) is 5.78 Å². The quantitative estimate of drug-likeness (QED) is 0.561. The lowest BCUT2D eigenvalue weighted by Crippen LogP contribution is -2.14. The zero-order valence-electron chi connectivity index (χ0n) is 16.1. The molecule has 0 aromatic heterocycles. The minimum atomic E-state index is 0.231. The van der Waals surface area contributed by atoms with E-state index in [1.54, 1.807) is 0 Å². The van der Waals surface area contributed by atoms with Crippen molar-refractivity contribution in [1.82, 2.24) is 0 Å². The molecule has 0 saturated heterocycles. The third-order valence-electron chi connectivity index (χ3n) is 6.93. The number of ketones is 1. The van der Waals surface area contributed by atoms with Crippen molar-refractivity contribution in [3.63, 3.8) is 0 Å². The SMILES string of the molecule is C[C@H]1CCC[C@@H]1c1ccccc1C(=O)c1ccccc1[C@H]1CCC[C@@H]1C. The van der Waals surface area contributed by atoms with E-state index >= 15 is 0 Å². The first kappa shape index (κ1) is 17.5. The Kier molecular flexibility index (Phi) is 4.98. The van der Waals surface area contributed by atoms with Crippen LogP contribution in [0.15, 0.2) is 48.5 Å². The fraction of sp³-hybridized carbons (Fsp3) is 0.480. The molecule has 4 atom stereocenters. The molecule has 0 heterocycles. The lowest BCUT2D eigenvalue weighted by molar-refractivity contribution is 0.103. The van der Waals surface area contributed by atoms with Gasteiger partial charge in [-0.15, -0.1) is 0 Å². The molecule has 2 aromatic rings. The number of carbonyl (C=O) groups is 1. The van der Waals surface area contributed by atoms with Crippen LogP contribution in [0.1, 0.15) is 91.3 Å². The van der Waals surface area contributed by atoms with Gasteiger partial charge in [-0.05, 0) is 47.6 Å². The largest absolute Gasteiger partial charge is 0.289 e. The third kappa shape index (κ3) is 3.13. The Hall–Kier alpha value is -1.89.